The molecule has 1 unspecified atom stereocenters. The van der Waals surface area contributed by atoms with Crippen LogP contribution in [0, 0.1) is 0 Å². The fraction of sp³-hybridized carbons (Fsp3) is 0.308. The number of carbonyl (C=O) groups is 1. The van der Waals surface area contributed by atoms with E-state index in [2.05, 4.69) is 6.58 Å². The molecule has 1 rings (SSSR count). The van der Waals surface area contributed by atoms with Crippen LogP contribution in [0.4, 0.5) is 13.2 Å². The number of benzene rings is 1. The Morgan fingerprint density at radius 3 is 2.63 bits per heavy atom. The van der Waals surface area contributed by atoms with Crippen LogP contribution in [0.2, 0.25) is 0 Å². The highest BCUT2D eigenvalue weighted by Crippen LogP contribution is 2.24. The number of amides is 1. The van der Waals surface area contributed by atoms with Crippen molar-refractivity contribution in [1.29, 1.82) is 0 Å². The van der Waals surface area contributed by atoms with E-state index in [1.807, 2.05) is 5.32 Å². The molecule has 0 fully saturated rings. The van der Waals surface area contributed by atoms with E-state index in [0.29, 0.717) is 17.5 Å². The number of phenols is 1. The lowest BCUT2D eigenvalue weighted by Crippen LogP contribution is -2.38. The average Bonchev–Trinajstić information content (AvgIpc) is 2.30. The second-order valence-corrected chi connectivity index (χ2v) is 4.07. The molecule has 0 aliphatic rings. The normalized spacial score (nSPS) is 12.8. The van der Waals surface area contributed by atoms with Crippen LogP contribution in [0.25, 0.3) is 0 Å². The predicted octanol–water partition coefficient (Wildman–Crippen LogP) is 2.86. The molecule has 0 saturated carbocycles. The summed E-state index contributed by atoms with van der Waals surface area (Å²) in [5, 5.41) is 11.5. The van der Waals surface area contributed by atoms with Gasteiger partial charge in [0.2, 0.25) is 0 Å². The Bertz CT molecular complexity index is 483. The van der Waals surface area contributed by atoms with E-state index in [0.717, 1.165) is 0 Å². The van der Waals surface area contributed by atoms with E-state index in [1.165, 1.54) is 13.0 Å². The molecule has 1 atom stereocenters. The molecular weight excluding hydrogens is 259 g/mol. The monoisotopic (exact) mass is 273 g/mol. The van der Waals surface area contributed by atoms with Crippen LogP contribution in [0.5, 0.6) is 5.75 Å². The summed E-state index contributed by atoms with van der Waals surface area (Å²) in [6.45, 7) is 4.94. The van der Waals surface area contributed by atoms with Gasteiger partial charge < -0.3 is 10.4 Å². The highest BCUT2D eigenvalue weighted by Gasteiger charge is 2.39. The second kappa shape index (κ2) is 5.77. The average molecular weight is 273 g/mol. The number of rotatable bonds is 4. The lowest BCUT2D eigenvalue weighted by molar-refractivity contribution is -0.174. The zero-order valence-corrected chi connectivity index (χ0v) is 10.3. The minimum absolute atomic E-state index is 0.0366. The fourth-order valence-corrected chi connectivity index (χ4v) is 1.54. The number of allylic oxidation sites excluding steroid dienone is 1. The molecule has 0 bridgehead atoms. The smallest absolute Gasteiger partial charge is 0.471 e. The highest BCUT2D eigenvalue weighted by atomic mass is 19.4. The molecule has 0 aliphatic heterocycles. The first-order valence-electron chi connectivity index (χ1n) is 5.56. The Balaban J connectivity index is 2.83. The lowest BCUT2D eigenvalue weighted by atomic mass is 10.0. The van der Waals surface area contributed by atoms with Crippen LogP contribution < -0.4 is 5.32 Å². The van der Waals surface area contributed by atoms with Crippen LogP contribution in [-0.2, 0) is 11.2 Å². The molecule has 6 heteroatoms. The van der Waals surface area contributed by atoms with Gasteiger partial charge in [0.05, 0.1) is 6.04 Å². The summed E-state index contributed by atoms with van der Waals surface area (Å²) < 4.78 is 36.3. The first-order valence-corrected chi connectivity index (χ1v) is 5.56. The van der Waals surface area contributed by atoms with Crippen LogP contribution in [0.3, 0.4) is 0 Å². The van der Waals surface area contributed by atoms with Crippen LogP contribution in [0.15, 0.2) is 30.9 Å². The molecule has 0 aliphatic carbocycles. The molecule has 3 nitrogen and oxygen atoms in total. The molecular formula is C13H14F3NO2. The molecule has 1 amide bonds. The molecule has 104 valence electrons. The summed E-state index contributed by atoms with van der Waals surface area (Å²) >= 11 is 0. The summed E-state index contributed by atoms with van der Waals surface area (Å²) in [5.41, 5.74) is 1.01. The van der Waals surface area contributed by atoms with Gasteiger partial charge in [0.15, 0.2) is 0 Å². The van der Waals surface area contributed by atoms with E-state index >= 15 is 0 Å². The summed E-state index contributed by atoms with van der Waals surface area (Å²) in [4.78, 5) is 10.8. The Morgan fingerprint density at radius 2 is 2.16 bits per heavy atom. The van der Waals surface area contributed by atoms with E-state index in [-0.39, 0.29) is 5.75 Å². The maximum atomic E-state index is 12.1. The maximum absolute atomic E-state index is 12.1. The number of hydrogen-bond acceptors (Lipinski definition) is 2. The van der Waals surface area contributed by atoms with Crippen LogP contribution >= 0.6 is 0 Å². The highest BCUT2D eigenvalue weighted by molar-refractivity contribution is 5.82. The number of carbonyl (C=O) groups excluding carboxylic acids is 1. The Kier molecular flexibility index (Phi) is 4.58. The van der Waals surface area contributed by atoms with E-state index in [9.17, 15) is 23.1 Å². The SMILES string of the molecule is C=CCc1ccc(C(C)NC(=O)C(F)(F)F)cc1O. The van der Waals surface area contributed by atoms with Gasteiger partial charge in [-0.2, -0.15) is 13.2 Å². The number of nitrogens with one attached hydrogen (secondary N) is 1. The summed E-state index contributed by atoms with van der Waals surface area (Å²) in [7, 11) is 0. The summed E-state index contributed by atoms with van der Waals surface area (Å²) in [5.74, 6) is -2.04. The number of halogens is 3. The summed E-state index contributed by atoms with van der Waals surface area (Å²) in [6, 6.07) is 3.63. The van der Waals surface area contributed by atoms with Crippen molar-refractivity contribution in [2.45, 2.75) is 25.6 Å². The Labute approximate surface area is 108 Å². The lowest BCUT2D eigenvalue weighted by Gasteiger charge is -2.16. The Hall–Kier alpha value is -1.98. The molecule has 0 radical (unpaired) electrons. The van der Waals surface area contributed by atoms with E-state index < -0.39 is 18.1 Å². The number of hydrogen-bond donors (Lipinski definition) is 2. The third-order valence-corrected chi connectivity index (χ3v) is 2.58. The second-order valence-electron chi connectivity index (χ2n) is 4.07. The van der Waals surface area contributed by atoms with Crippen molar-refractivity contribution in [3.8, 4) is 5.75 Å². The molecule has 0 aromatic heterocycles. The predicted molar refractivity (Wildman–Crippen MR) is 64.6 cm³/mol. The van der Waals surface area contributed by atoms with Gasteiger partial charge in [-0.25, -0.2) is 0 Å². The van der Waals surface area contributed by atoms with Gasteiger partial charge in [0.25, 0.3) is 0 Å². The van der Waals surface area contributed by atoms with E-state index in [4.69, 9.17) is 0 Å². The third-order valence-electron chi connectivity index (χ3n) is 2.58. The van der Waals surface area contributed by atoms with Gasteiger partial charge in [-0.1, -0.05) is 18.2 Å². The topological polar surface area (TPSA) is 49.3 Å². The molecule has 2 N–H and O–H groups in total. The van der Waals surface area contributed by atoms with Gasteiger partial charge in [-0.15, -0.1) is 6.58 Å². The first kappa shape index (κ1) is 15.1. The van der Waals surface area contributed by atoms with Gasteiger partial charge in [0.1, 0.15) is 5.75 Å². The van der Waals surface area contributed by atoms with Gasteiger partial charge in [0, 0.05) is 0 Å². The first-order chi connectivity index (χ1) is 8.75. The minimum Gasteiger partial charge on any atom is -0.508 e. The van der Waals surface area contributed by atoms with Crippen molar-refractivity contribution in [3.05, 3.63) is 42.0 Å². The van der Waals surface area contributed by atoms with Crippen LogP contribution in [0.1, 0.15) is 24.1 Å². The Morgan fingerprint density at radius 1 is 1.53 bits per heavy atom. The zero-order chi connectivity index (χ0) is 14.6. The van der Waals surface area contributed by atoms with Gasteiger partial charge >= 0.3 is 12.1 Å². The third kappa shape index (κ3) is 4.01. The van der Waals surface area contributed by atoms with Gasteiger partial charge in [-0.05, 0) is 30.5 Å². The van der Waals surface area contributed by atoms with Crippen molar-refractivity contribution in [1.82, 2.24) is 5.32 Å². The maximum Gasteiger partial charge on any atom is 0.471 e. The zero-order valence-electron chi connectivity index (χ0n) is 10.3. The van der Waals surface area contributed by atoms with Crippen molar-refractivity contribution in [2.24, 2.45) is 0 Å². The standard InChI is InChI=1S/C13H14F3NO2/c1-3-4-9-5-6-10(7-11(9)18)8(2)17-12(19)13(14,15)16/h3,5-8,18H,1,4H2,2H3,(H,17,19). The molecule has 0 saturated heterocycles. The molecule has 1 aromatic carbocycles. The molecule has 19 heavy (non-hydrogen) atoms. The van der Waals surface area contributed by atoms with Crippen molar-refractivity contribution in [3.63, 3.8) is 0 Å². The largest absolute Gasteiger partial charge is 0.508 e. The molecule has 0 spiro atoms. The van der Waals surface area contributed by atoms with Crippen molar-refractivity contribution >= 4 is 5.91 Å². The number of aromatic hydroxyl groups is 1. The number of alkyl halides is 3. The van der Waals surface area contributed by atoms with Crippen LogP contribution in [-0.4, -0.2) is 17.2 Å². The van der Waals surface area contributed by atoms with E-state index in [1.54, 1.807) is 18.2 Å². The fourth-order valence-electron chi connectivity index (χ4n) is 1.54. The van der Waals surface area contributed by atoms with Crippen molar-refractivity contribution < 1.29 is 23.1 Å². The summed E-state index contributed by atoms with van der Waals surface area (Å²) in [6.07, 6.45) is -2.86. The van der Waals surface area contributed by atoms with Gasteiger partial charge in [-0.3, -0.25) is 4.79 Å². The molecule has 0 heterocycles. The minimum atomic E-state index is -4.92. The number of phenolic OH excluding ortho intramolecular Hbond substituents is 1. The van der Waals surface area contributed by atoms with Crippen molar-refractivity contribution in [2.75, 3.05) is 0 Å². The molecule has 1 aromatic rings. The quantitative estimate of drug-likeness (QED) is 0.829.